The summed E-state index contributed by atoms with van der Waals surface area (Å²) in [4.78, 5) is 16.2. The lowest BCUT2D eigenvalue weighted by Gasteiger charge is -2.04. The Labute approximate surface area is 117 Å². The van der Waals surface area contributed by atoms with Crippen LogP contribution in [0.4, 0.5) is 5.69 Å². The average Bonchev–Trinajstić information content (AvgIpc) is 2.76. The van der Waals surface area contributed by atoms with E-state index in [-0.39, 0.29) is 5.91 Å². The Morgan fingerprint density at radius 1 is 1.50 bits per heavy atom. The number of nitrogens with zero attached hydrogens (tertiary/aromatic N) is 2. The van der Waals surface area contributed by atoms with E-state index in [1.807, 2.05) is 13.0 Å². The molecule has 1 heterocycles. The predicted molar refractivity (Wildman–Crippen MR) is 74.8 cm³/mol. The van der Waals surface area contributed by atoms with Crippen molar-refractivity contribution in [2.45, 2.75) is 6.92 Å². The van der Waals surface area contributed by atoms with E-state index in [9.17, 15) is 4.79 Å². The van der Waals surface area contributed by atoms with Crippen LogP contribution in [-0.4, -0.2) is 17.3 Å². The topological polar surface area (TPSA) is 54.4 Å². The van der Waals surface area contributed by atoms with Crippen LogP contribution in [-0.2, 0) is 0 Å². The van der Waals surface area contributed by atoms with Crippen molar-refractivity contribution in [2.75, 3.05) is 7.05 Å². The maximum Gasteiger partial charge on any atom is 0.253 e. The molecule has 0 aliphatic rings. The Bertz CT molecular complexity index is 648. The van der Waals surface area contributed by atoms with E-state index in [4.69, 9.17) is 11.6 Å². The molecule has 94 valence electrons. The van der Waals surface area contributed by atoms with Gasteiger partial charge in [-0.05, 0) is 29.4 Å². The molecule has 0 unspecified atom stereocenters. The molecule has 1 N–H and O–H groups in total. The Morgan fingerprint density at radius 3 is 2.89 bits per heavy atom. The molecule has 2 rings (SSSR count). The van der Waals surface area contributed by atoms with E-state index in [0.717, 1.165) is 5.56 Å². The minimum absolute atomic E-state index is 0.165. The van der Waals surface area contributed by atoms with Gasteiger partial charge in [-0.2, -0.15) is 4.37 Å². The van der Waals surface area contributed by atoms with E-state index < -0.39 is 0 Å². The summed E-state index contributed by atoms with van der Waals surface area (Å²) in [6.45, 7) is 1.93. The summed E-state index contributed by atoms with van der Waals surface area (Å²) >= 11 is 5.90. The first-order valence-corrected chi connectivity index (χ1v) is 7.59. The van der Waals surface area contributed by atoms with Crippen LogP contribution in [0.5, 0.6) is 0 Å². The predicted octanol–water partition coefficient (Wildman–Crippen LogP) is 2.76. The van der Waals surface area contributed by atoms with E-state index in [0.29, 0.717) is 21.1 Å². The number of aromatic nitrogens is 1. The lowest BCUT2D eigenvalue weighted by atomic mass is 10.1. The molecule has 7 heteroatoms. The molecule has 1 aromatic heterocycles. The molecule has 0 bridgehead atoms. The van der Waals surface area contributed by atoms with E-state index in [2.05, 4.69) is 14.7 Å². The van der Waals surface area contributed by atoms with Crippen molar-refractivity contribution in [3.63, 3.8) is 0 Å². The number of carbonyl (C=O) groups excluding carboxylic acids is 1. The summed E-state index contributed by atoms with van der Waals surface area (Å²) in [6.07, 6.45) is 0. The molecule has 0 saturated carbocycles. The summed E-state index contributed by atoms with van der Waals surface area (Å²) in [5, 5.41) is 2.97. The number of hydrogen-bond acceptors (Lipinski definition) is 5. The minimum Gasteiger partial charge on any atom is -0.355 e. The molecule has 1 amide bonds. The lowest BCUT2D eigenvalue weighted by Crippen LogP contribution is -2.18. The maximum atomic E-state index is 11.8. The van der Waals surface area contributed by atoms with Gasteiger partial charge in [-0.15, -0.1) is 0 Å². The summed E-state index contributed by atoms with van der Waals surface area (Å²) in [5.74, 6) is -0.165. The number of hydrogen-bond donors (Lipinski definition) is 1. The van der Waals surface area contributed by atoms with Crippen molar-refractivity contribution in [3.8, 4) is 0 Å². The molecule has 4 nitrogen and oxygen atoms in total. The molecular formula is C11H10ClN3OS2. The van der Waals surface area contributed by atoms with Crippen LogP contribution in [0.15, 0.2) is 23.2 Å². The average molecular weight is 300 g/mol. The number of benzene rings is 1. The second-order valence-electron chi connectivity index (χ2n) is 3.56. The number of amides is 1. The van der Waals surface area contributed by atoms with Gasteiger partial charge in [-0.3, -0.25) is 4.79 Å². The number of nitrogens with one attached hydrogen (secondary N) is 1. The first-order chi connectivity index (χ1) is 8.61. The fraction of sp³-hybridized carbons (Fsp3) is 0.182. The van der Waals surface area contributed by atoms with Crippen LogP contribution in [0.1, 0.15) is 15.9 Å². The molecule has 0 radical (unpaired) electrons. The smallest absolute Gasteiger partial charge is 0.253 e. The molecule has 18 heavy (non-hydrogen) atoms. The van der Waals surface area contributed by atoms with Crippen LogP contribution in [0, 0.1) is 6.92 Å². The Balaban J connectivity index is 2.58. The number of halogens is 1. The number of rotatable bonds is 2. The summed E-state index contributed by atoms with van der Waals surface area (Å²) < 4.78 is 4.58. The molecule has 0 fully saturated rings. The summed E-state index contributed by atoms with van der Waals surface area (Å²) in [6, 6.07) is 5.51. The monoisotopic (exact) mass is 299 g/mol. The van der Waals surface area contributed by atoms with Gasteiger partial charge in [0.15, 0.2) is 9.82 Å². The van der Waals surface area contributed by atoms with Gasteiger partial charge in [0, 0.05) is 17.6 Å². The highest BCUT2D eigenvalue weighted by atomic mass is 35.5. The zero-order valence-electron chi connectivity index (χ0n) is 9.73. The molecule has 0 spiro atoms. The molecular weight excluding hydrogens is 290 g/mol. The van der Waals surface area contributed by atoms with E-state index in [1.165, 1.54) is 20.9 Å². The second kappa shape index (κ2) is 5.60. The Morgan fingerprint density at radius 2 is 2.28 bits per heavy atom. The zero-order chi connectivity index (χ0) is 13.1. The lowest BCUT2D eigenvalue weighted by molar-refractivity contribution is 0.0963. The van der Waals surface area contributed by atoms with Crippen molar-refractivity contribution >= 4 is 44.1 Å². The first-order valence-electron chi connectivity index (χ1n) is 5.11. The van der Waals surface area contributed by atoms with Gasteiger partial charge in [0.25, 0.3) is 5.91 Å². The number of aryl methyl sites for hydroxylation is 1. The van der Waals surface area contributed by atoms with Gasteiger partial charge in [-0.25, -0.2) is 4.99 Å². The highest BCUT2D eigenvalue weighted by Crippen LogP contribution is 2.21. The fourth-order valence-corrected chi connectivity index (χ4v) is 3.38. The highest BCUT2D eigenvalue weighted by molar-refractivity contribution is 7.66. The van der Waals surface area contributed by atoms with Crippen LogP contribution in [0.2, 0.25) is 5.15 Å². The third kappa shape index (κ3) is 2.77. The molecule has 1 aromatic carbocycles. The number of carbonyl (C=O) groups is 1. The van der Waals surface area contributed by atoms with Crippen LogP contribution < -0.4 is 9.99 Å². The summed E-state index contributed by atoms with van der Waals surface area (Å²) in [7, 11) is 4.24. The second-order valence-corrected chi connectivity index (χ2v) is 5.75. The van der Waals surface area contributed by atoms with Gasteiger partial charge >= 0.3 is 0 Å². The normalized spacial score (nSPS) is 11.6. The van der Waals surface area contributed by atoms with Crippen molar-refractivity contribution in [1.29, 1.82) is 0 Å². The first kappa shape index (κ1) is 13.2. The molecule has 0 atom stereocenters. The van der Waals surface area contributed by atoms with Gasteiger partial charge in [0.1, 0.15) is 0 Å². The minimum atomic E-state index is -0.165. The largest absolute Gasteiger partial charge is 0.355 e. The van der Waals surface area contributed by atoms with E-state index >= 15 is 0 Å². The SMILES string of the molecule is CNC(=O)c1cc(C)ccc1N=c1ssnc1Cl. The molecule has 0 aliphatic carbocycles. The van der Waals surface area contributed by atoms with Crippen molar-refractivity contribution in [3.05, 3.63) is 39.2 Å². The fourth-order valence-electron chi connectivity index (χ4n) is 1.40. The van der Waals surface area contributed by atoms with Crippen molar-refractivity contribution in [2.24, 2.45) is 4.99 Å². The maximum absolute atomic E-state index is 11.8. The van der Waals surface area contributed by atoms with Crippen LogP contribution in [0.3, 0.4) is 0 Å². The highest BCUT2D eigenvalue weighted by Gasteiger charge is 2.10. The summed E-state index contributed by atoms with van der Waals surface area (Å²) in [5.41, 5.74) is 2.14. The molecule has 0 aliphatic heterocycles. The Hall–Kier alpha value is -1.24. The molecule has 0 saturated heterocycles. The van der Waals surface area contributed by atoms with Gasteiger partial charge in [0.2, 0.25) is 0 Å². The van der Waals surface area contributed by atoms with Gasteiger partial charge in [0.05, 0.1) is 11.3 Å². The van der Waals surface area contributed by atoms with Crippen molar-refractivity contribution in [1.82, 2.24) is 9.69 Å². The van der Waals surface area contributed by atoms with Gasteiger partial charge in [-0.1, -0.05) is 23.2 Å². The van der Waals surface area contributed by atoms with Gasteiger partial charge < -0.3 is 5.32 Å². The van der Waals surface area contributed by atoms with Crippen molar-refractivity contribution < 1.29 is 4.79 Å². The van der Waals surface area contributed by atoms with E-state index in [1.54, 1.807) is 19.2 Å². The Kier molecular flexibility index (Phi) is 4.11. The zero-order valence-corrected chi connectivity index (χ0v) is 12.1. The standard InChI is InChI=1S/C11H10ClN3OS2/c1-6-3-4-8(7(5-6)10(16)13-2)14-11-9(12)15-18-17-11/h3-5H,1-2H3,(H,13,16). The third-order valence-corrected chi connectivity index (χ3v) is 4.43. The van der Waals surface area contributed by atoms with Crippen LogP contribution in [0.25, 0.3) is 0 Å². The quantitative estimate of drug-likeness (QED) is 0.867. The molecule has 2 aromatic rings. The third-order valence-electron chi connectivity index (χ3n) is 2.26. The van der Waals surface area contributed by atoms with Crippen LogP contribution >= 0.6 is 32.5 Å².